The number of amides is 2. The topological polar surface area (TPSA) is 72.1 Å². The Morgan fingerprint density at radius 1 is 1.39 bits per heavy atom. The van der Waals surface area contributed by atoms with Crippen molar-refractivity contribution < 1.29 is 4.79 Å². The molecule has 1 aliphatic heterocycles. The highest BCUT2D eigenvalue weighted by atomic mass is 16.2. The van der Waals surface area contributed by atoms with Gasteiger partial charge in [-0.05, 0) is 12.8 Å². The maximum atomic E-state index is 12.2. The molecule has 8 nitrogen and oxygen atoms in total. The van der Waals surface area contributed by atoms with Gasteiger partial charge in [-0.3, -0.25) is 0 Å². The summed E-state index contributed by atoms with van der Waals surface area (Å²) >= 11 is 0. The van der Waals surface area contributed by atoms with Crippen LogP contribution in [-0.4, -0.2) is 67.3 Å². The molecule has 0 unspecified atom stereocenters. The Labute approximate surface area is 135 Å². The van der Waals surface area contributed by atoms with Crippen LogP contribution in [0.1, 0.15) is 30.4 Å². The summed E-state index contributed by atoms with van der Waals surface area (Å²) in [5, 5.41) is 8.71. The fraction of sp³-hybridized carbons (Fsp3) is 0.600. The minimum atomic E-state index is 0.0653. The molecule has 0 aliphatic carbocycles. The van der Waals surface area contributed by atoms with E-state index in [9.17, 15) is 4.79 Å². The summed E-state index contributed by atoms with van der Waals surface area (Å²) in [5.41, 5.74) is 0. The molecular weight excluding hydrogens is 294 g/mol. The van der Waals surface area contributed by atoms with Crippen molar-refractivity contribution in [3.8, 4) is 0 Å². The number of carbonyl (C=O) groups is 1. The second kappa shape index (κ2) is 6.39. The predicted octanol–water partition coefficient (Wildman–Crippen LogP) is 0.921. The molecule has 1 saturated heterocycles. The van der Waals surface area contributed by atoms with Crippen molar-refractivity contribution in [3.63, 3.8) is 0 Å². The van der Waals surface area contributed by atoms with E-state index in [4.69, 9.17) is 0 Å². The van der Waals surface area contributed by atoms with E-state index in [0.29, 0.717) is 13.1 Å². The Hall–Kier alpha value is -2.38. The van der Waals surface area contributed by atoms with Crippen molar-refractivity contribution in [2.75, 3.05) is 27.2 Å². The van der Waals surface area contributed by atoms with Crippen LogP contribution < -0.4 is 0 Å². The number of hydrogen-bond donors (Lipinski definition) is 0. The minimum absolute atomic E-state index is 0.0653. The maximum Gasteiger partial charge on any atom is 0.319 e. The van der Waals surface area contributed by atoms with Gasteiger partial charge in [-0.2, -0.15) is 0 Å². The van der Waals surface area contributed by atoms with E-state index in [0.717, 1.165) is 31.0 Å². The third-order valence-corrected chi connectivity index (χ3v) is 4.32. The smallest absolute Gasteiger partial charge is 0.319 e. The van der Waals surface area contributed by atoms with Gasteiger partial charge in [-0.15, -0.1) is 10.2 Å². The monoisotopic (exact) mass is 317 g/mol. The lowest BCUT2D eigenvalue weighted by atomic mass is 9.97. The number of urea groups is 1. The largest absolute Gasteiger partial charge is 0.331 e. The molecule has 2 amide bonds. The lowest BCUT2D eigenvalue weighted by molar-refractivity contribution is 0.153. The number of piperidine rings is 1. The number of likely N-dealkylation sites (tertiary alicyclic amines) is 1. The van der Waals surface area contributed by atoms with Crippen molar-refractivity contribution in [2.24, 2.45) is 7.05 Å². The number of nitrogens with zero attached hydrogens (tertiary/aromatic N) is 7. The normalized spacial score (nSPS) is 18.2. The first-order valence-electron chi connectivity index (χ1n) is 7.86. The molecule has 0 saturated carbocycles. The van der Waals surface area contributed by atoms with Gasteiger partial charge >= 0.3 is 6.03 Å². The SMILES string of the molecule is CN(C)C(=O)N1CCC[C@H](c2nnc(Cn3ccnc3)n2C)C1. The summed E-state index contributed by atoms with van der Waals surface area (Å²) in [6.07, 6.45) is 7.46. The molecule has 1 atom stereocenters. The fourth-order valence-corrected chi connectivity index (χ4v) is 3.06. The molecule has 0 radical (unpaired) electrons. The Bertz CT molecular complexity index is 661. The molecule has 124 valence electrons. The van der Waals surface area contributed by atoms with Crippen LogP contribution in [0.5, 0.6) is 0 Å². The third kappa shape index (κ3) is 3.20. The molecule has 3 heterocycles. The van der Waals surface area contributed by atoms with Crippen LogP contribution in [0.3, 0.4) is 0 Å². The summed E-state index contributed by atoms with van der Waals surface area (Å²) in [5.74, 6) is 2.09. The lowest BCUT2D eigenvalue weighted by Gasteiger charge is -2.33. The lowest BCUT2D eigenvalue weighted by Crippen LogP contribution is -2.44. The van der Waals surface area contributed by atoms with Gasteiger partial charge in [0.05, 0.1) is 12.9 Å². The van der Waals surface area contributed by atoms with E-state index in [-0.39, 0.29) is 11.9 Å². The molecule has 0 bridgehead atoms. The number of imidazole rings is 1. The van der Waals surface area contributed by atoms with Crippen LogP contribution in [0, 0.1) is 0 Å². The van der Waals surface area contributed by atoms with Gasteiger partial charge in [0.15, 0.2) is 5.82 Å². The Kier molecular flexibility index (Phi) is 4.31. The molecule has 1 aliphatic rings. The van der Waals surface area contributed by atoms with Gasteiger partial charge in [0.1, 0.15) is 5.82 Å². The highest BCUT2D eigenvalue weighted by molar-refractivity contribution is 5.74. The summed E-state index contributed by atoms with van der Waals surface area (Å²) < 4.78 is 4.02. The average Bonchev–Trinajstić information content (AvgIpc) is 3.18. The molecule has 2 aromatic heterocycles. The van der Waals surface area contributed by atoms with Crippen molar-refractivity contribution in [3.05, 3.63) is 30.4 Å². The number of rotatable bonds is 3. The summed E-state index contributed by atoms with van der Waals surface area (Å²) in [6, 6.07) is 0.0653. The Morgan fingerprint density at radius 2 is 2.22 bits per heavy atom. The highest BCUT2D eigenvalue weighted by Crippen LogP contribution is 2.26. The maximum absolute atomic E-state index is 12.2. The summed E-state index contributed by atoms with van der Waals surface area (Å²) in [4.78, 5) is 19.8. The van der Waals surface area contributed by atoms with Crippen LogP contribution >= 0.6 is 0 Å². The zero-order valence-electron chi connectivity index (χ0n) is 13.9. The van der Waals surface area contributed by atoms with Gasteiger partial charge < -0.3 is 18.9 Å². The second-order valence-electron chi connectivity index (χ2n) is 6.23. The Morgan fingerprint density at radius 3 is 2.91 bits per heavy atom. The molecule has 3 rings (SSSR count). The zero-order valence-corrected chi connectivity index (χ0v) is 13.9. The number of aromatic nitrogens is 5. The van der Waals surface area contributed by atoms with Gasteiger partial charge in [0.25, 0.3) is 0 Å². The molecule has 1 fully saturated rings. The molecular formula is C15H23N7O. The van der Waals surface area contributed by atoms with Crippen molar-refractivity contribution >= 4 is 6.03 Å². The van der Waals surface area contributed by atoms with E-state index in [1.54, 1.807) is 31.5 Å². The average molecular weight is 317 g/mol. The van der Waals surface area contributed by atoms with E-state index >= 15 is 0 Å². The summed E-state index contributed by atoms with van der Waals surface area (Å²) in [6.45, 7) is 2.16. The quantitative estimate of drug-likeness (QED) is 0.844. The molecule has 0 spiro atoms. The molecule has 0 aromatic carbocycles. The van der Waals surface area contributed by atoms with E-state index in [1.165, 1.54) is 0 Å². The standard InChI is InChI=1S/C15H23N7O/c1-19(2)15(23)22-7-4-5-12(9-22)14-18-17-13(20(14)3)10-21-8-6-16-11-21/h6,8,11-12H,4-5,7,9-10H2,1-3H3/t12-/m0/s1. The summed E-state index contributed by atoms with van der Waals surface area (Å²) in [7, 11) is 5.57. The van der Waals surface area contributed by atoms with Crippen molar-refractivity contribution in [2.45, 2.75) is 25.3 Å². The first kappa shape index (κ1) is 15.5. The van der Waals surface area contributed by atoms with Gasteiger partial charge in [0.2, 0.25) is 0 Å². The van der Waals surface area contributed by atoms with Crippen LogP contribution in [0.25, 0.3) is 0 Å². The minimum Gasteiger partial charge on any atom is -0.331 e. The molecule has 2 aromatic rings. The van der Waals surface area contributed by atoms with E-state index < -0.39 is 0 Å². The van der Waals surface area contributed by atoms with E-state index in [1.807, 2.05) is 27.3 Å². The molecule has 0 N–H and O–H groups in total. The first-order chi connectivity index (χ1) is 11.1. The zero-order chi connectivity index (χ0) is 16.4. The third-order valence-electron chi connectivity index (χ3n) is 4.32. The van der Waals surface area contributed by atoms with Crippen molar-refractivity contribution in [1.82, 2.24) is 34.1 Å². The molecule has 23 heavy (non-hydrogen) atoms. The van der Waals surface area contributed by atoms with Gasteiger partial charge in [-0.1, -0.05) is 0 Å². The van der Waals surface area contributed by atoms with Gasteiger partial charge in [0, 0.05) is 52.5 Å². The van der Waals surface area contributed by atoms with Crippen LogP contribution in [0.4, 0.5) is 4.79 Å². The number of hydrogen-bond acceptors (Lipinski definition) is 4. The van der Waals surface area contributed by atoms with Crippen LogP contribution in [0.15, 0.2) is 18.7 Å². The first-order valence-corrected chi connectivity index (χ1v) is 7.86. The molecule has 8 heteroatoms. The van der Waals surface area contributed by atoms with Crippen LogP contribution in [0.2, 0.25) is 0 Å². The van der Waals surface area contributed by atoms with Crippen molar-refractivity contribution in [1.29, 1.82) is 0 Å². The van der Waals surface area contributed by atoms with Crippen LogP contribution in [-0.2, 0) is 13.6 Å². The second-order valence-corrected chi connectivity index (χ2v) is 6.23. The fourth-order valence-electron chi connectivity index (χ4n) is 3.06. The van der Waals surface area contributed by atoms with Gasteiger partial charge in [-0.25, -0.2) is 9.78 Å². The highest BCUT2D eigenvalue weighted by Gasteiger charge is 2.29. The predicted molar refractivity (Wildman–Crippen MR) is 85.0 cm³/mol. The number of carbonyl (C=O) groups excluding carboxylic acids is 1. The van der Waals surface area contributed by atoms with E-state index in [2.05, 4.69) is 15.2 Å². The Balaban J connectivity index is 1.74.